The summed E-state index contributed by atoms with van der Waals surface area (Å²) in [6, 6.07) is 21.9. The average Bonchev–Trinajstić information content (AvgIpc) is 4.17. The number of alkyl carbamates (subject to hydrolysis) is 2. The highest BCUT2D eigenvalue weighted by molar-refractivity contribution is 7.27. The number of carbonyl (C=O) groups excluding carboxylic acids is 4. The molecule has 4 aromatic heterocycles. The summed E-state index contributed by atoms with van der Waals surface area (Å²) in [7, 11) is 2.58. The third kappa shape index (κ3) is 8.16. The number of aromatic amines is 2. The average molecular weight is 885 g/mol. The zero-order valence-corrected chi connectivity index (χ0v) is 37.0. The minimum Gasteiger partial charge on any atom is -0.453 e. The van der Waals surface area contributed by atoms with Gasteiger partial charge in [0.05, 0.1) is 52.4 Å². The Balaban J connectivity index is 0.905. The summed E-state index contributed by atoms with van der Waals surface area (Å²) in [5.41, 5.74) is 8.67. The van der Waals surface area contributed by atoms with E-state index < -0.39 is 24.3 Å². The molecule has 0 unspecified atom stereocenters. The molecule has 0 spiro atoms. The van der Waals surface area contributed by atoms with Crippen molar-refractivity contribution in [2.24, 2.45) is 5.92 Å². The minimum atomic E-state index is -0.881. The molecule has 9 rings (SSSR count). The number of carbonyl (C=O) groups is 4. The largest absolute Gasteiger partial charge is 0.453 e. The van der Waals surface area contributed by atoms with Crippen molar-refractivity contribution in [2.75, 3.05) is 27.3 Å². The number of amides is 4. The summed E-state index contributed by atoms with van der Waals surface area (Å²) in [5, 5.41) is 9.87. The summed E-state index contributed by atoms with van der Waals surface area (Å²) >= 11 is 3.45. The van der Waals surface area contributed by atoms with Crippen molar-refractivity contribution in [3.05, 3.63) is 107 Å². The maximum atomic E-state index is 14.0. The Morgan fingerprint density at radius 1 is 0.730 bits per heavy atom. The van der Waals surface area contributed by atoms with Crippen molar-refractivity contribution in [1.29, 1.82) is 0 Å². The van der Waals surface area contributed by atoms with E-state index in [4.69, 9.17) is 19.4 Å². The van der Waals surface area contributed by atoms with Crippen molar-refractivity contribution in [3.8, 4) is 33.5 Å². The van der Waals surface area contributed by atoms with Crippen molar-refractivity contribution in [1.82, 2.24) is 40.4 Å². The van der Waals surface area contributed by atoms with Crippen LogP contribution in [0.15, 0.2) is 89.8 Å². The molecule has 0 aliphatic carbocycles. The SMILES string of the molecule is COC(=O)N[C@H](C(=O)N1CCC[C@H]1c1nc2cc(-c3csc4c(-c5ccc(-c6c[nH]c([C@@H]7CCCN7C(=O)[C@H](NC(=O)OC)c7ccccc7)n6)cc5)csc34)ccc2[nH]1)C(C)C. The van der Waals surface area contributed by atoms with E-state index in [2.05, 4.69) is 73.8 Å². The molecule has 2 aliphatic rings. The lowest BCUT2D eigenvalue weighted by molar-refractivity contribution is -0.135. The minimum absolute atomic E-state index is 0.110. The van der Waals surface area contributed by atoms with Crippen LogP contribution in [0, 0.1) is 5.92 Å². The molecule has 0 saturated carbocycles. The van der Waals surface area contributed by atoms with Crippen LogP contribution in [-0.4, -0.2) is 87.1 Å². The molecule has 7 aromatic rings. The van der Waals surface area contributed by atoms with Crippen LogP contribution in [0.25, 0.3) is 53.9 Å². The Bertz CT molecular complexity index is 2790. The number of likely N-dealkylation sites (tertiary alicyclic amines) is 2. The first-order valence-electron chi connectivity index (χ1n) is 21.1. The molecule has 6 heterocycles. The second-order valence-electron chi connectivity index (χ2n) is 16.3. The normalized spacial score (nSPS) is 17.3. The molecule has 16 heteroatoms. The van der Waals surface area contributed by atoms with Crippen LogP contribution in [0.5, 0.6) is 0 Å². The zero-order chi connectivity index (χ0) is 43.8. The van der Waals surface area contributed by atoms with Gasteiger partial charge in [0, 0.05) is 46.7 Å². The van der Waals surface area contributed by atoms with E-state index in [0.717, 1.165) is 70.5 Å². The Morgan fingerprint density at radius 3 is 2.00 bits per heavy atom. The van der Waals surface area contributed by atoms with Gasteiger partial charge in [0.15, 0.2) is 0 Å². The van der Waals surface area contributed by atoms with Gasteiger partial charge in [-0.1, -0.05) is 74.5 Å². The molecule has 4 atom stereocenters. The highest BCUT2D eigenvalue weighted by atomic mass is 32.1. The molecule has 324 valence electrons. The van der Waals surface area contributed by atoms with Gasteiger partial charge >= 0.3 is 12.2 Å². The van der Waals surface area contributed by atoms with Gasteiger partial charge < -0.3 is 39.9 Å². The van der Waals surface area contributed by atoms with Gasteiger partial charge in [-0.05, 0) is 60.4 Å². The van der Waals surface area contributed by atoms with Crippen molar-refractivity contribution >= 4 is 67.1 Å². The number of aromatic nitrogens is 4. The fraction of sp³-hybridized carbons (Fsp3) is 0.319. The lowest BCUT2D eigenvalue weighted by atomic mass is 10.0. The van der Waals surface area contributed by atoms with Crippen LogP contribution in [0.3, 0.4) is 0 Å². The second-order valence-corrected chi connectivity index (χ2v) is 18.0. The van der Waals surface area contributed by atoms with Gasteiger partial charge in [-0.15, -0.1) is 22.7 Å². The first kappa shape index (κ1) is 41.8. The number of ether oxygens (including phenoxy) is 2. The topological polar surface area (TPSA) is 175 Å². The summed E-state index contributed by atoms with van der Waals surface area (Å²) in [4.78, 5) is 72.4. The number of rotatable bonds is 11. The monoisotopic (exact) mass is 884 g/mol. The third-order valence-electron chi connectivity index (χ3n) is 12.1. The molecule has 3 aromatic carbocycles. The fourth-order valence-corrected chi connectivity index (χ4v) is 11.3. The quantitative estimate of drug-likeness (QED) is 0.0994. The molecule has 4 N–H and O–H groups in total. The molecule has 2 saturated heterocycles. The predicted molar refractivity (Wildman–Crippen MR) is 244 cm³/mol. The van der Waals surface area contributed by atoms with Gasteiger partial charge in [-0.2, -0.15) is 0 Å². The van der Waals surface area contributed by atoms with E-state index in [1.807, 2.05) is 55.3 Å². The molecular formula is C47H48N8O6S2. The highest BCUT2D eigenvalue weighted by Gasteiger charge is 2.39. The number of H-pyrrole nitrogens is 2. The number of fused-ring (bicyclic) bond motifs is 2. The Labute approximate surface area is 372 Å². The molecule has 2 aliphatic heterocycles. The van der Waals surface area contributed by atoms with E-state index in [9.17, 15) is 19.2 Å². The first-order chi connectivity index (χ1) is 30.6. The maximum Gasteiger partial charge on any atom is 0.407 e. The number of hydrogen-bond acceptors (Lipinski definition) is 10. The van der Waals surface area contributed by atoms with Crippen LogP contribution in [0.4, 0.5) is 9.59 Å². The van der Waals surface area contributed by atoms with E-state index in [1.165, 1.54) is 29.2 Å². The predicted octanol–water partition coefficient (Wildman–Crippen LogP) is 9.37. The van der Waals surface area contributed by atoms with E-state index in [1.54, 1.807) is 27.6 Å². The fourth-order valence-electron chi connectivity index (χ4n) is 8.83. The van der Waals surface area contributed by atoms with Crippen molar-refractivity contribution in [3.63, 3.8) is 0 Å². The summed E-state index contributed by atoms with van der Waals surface area (Å²) in [5.74, 6) is 1.00. The number of imidazole rings is 2. The molecule has 63 heavy (non-hydrogen) atoms. The Morgan fingerprint density at radius 2 is 1.33 bits per heavy atom. The van der Waals surface area contributed by atoms with E-state index >= 15 is 0 Å². The summed E-state index contributed by atoms with van der Waals surface area (Å²) < 4.78 is 12.1. The van der Waals surface area contributed by atoms with Gasteiger partial charge in [0.2, 0.25) is 5.91 Å². The van der Waals surface area contributed by atoms with Crippen molar-refractivity contribution < 1.29 is 28.7 Å². The third-order valence-corrected chi connectivity index (χ3v) is 14.3. The summed E-state index contributed by atoms with van der Waals surface area (Å²) in [6.45, 7) is 4.97. The second kappa shape index (κ2) is 17.7. The number of hydrogen-bond donors (Lipinski definition) is 4. The smallest absolute Gasteiger partial charge is 0.407 e. The molecule has 4 amide bonds. The van der Waals surface area contributed by atoms with Crippen LogP contribution in [0.1, 0.15) is 74.9 Å². The maximum absolute atomic E-state index is 14.0. The molecule has 0 radical (unpaired) electrons. The lowest BCUT2D eigenvalue weighted by Gasteiger charge is -2.29. The van der Waals surface area contributed by atoms with Crippen LogP contribution >= 0.6 is 22.7 Å². The van der Waals surface area contributed by atoms with E-state index in [-0.39, 0.29) is 29.8 Å². The zero-order valence-electron chi connectivity index (χ0n) is 35.3. The van der Waals surface area contributed by atoms with Gasteiger partial charge in [0.25, 0.3) is 5.91 Å². The molecule has 0 bridgehead atoms. The van der Waals surface area contributed by atoms with Gasteiger partial charge in [0.1, 0.15) is 23.7 Å². The van der Waals surface area contributed by atoms with E-state index in [0.29, 0.717) is 24.5 Å². The van der Waals surface area contributed by atoms with Crippen LogP contribution < -0.4 is 10.6 Å². The number of nitrogens with one attached hydrogen (secondary N) is 4. The lowest BCUT2D eigenvalue weighted by Crippen LogP contribution is -2.51. The van der Waals surface area contributed by atoms with Gasteiger partial charge in [-0.25, -0.2) is 19.6 Å². The Kier molecular flexibility index (Phi) is 11.7. The van der Waals surface area contributed by atoms with Gasteiger partial charge in [-0.3, -0.25) is 9.59 Å². The molecule has 2 fully saturated rings. The summed E-state index contributed by atoms with van der Waals surface area (Å²) in [6.07, 6.45) is 3.80. The number of nitrogens with zero attached hydrogens (tertiary/aromatic N) is 4. The van der Waals surface area contributed by atoms with Crippen LogP contribution in [0.2, 0.25) is 0 Å². The molecule has 14 nitrogen and oxygen atoms in total. The molecular weight excluding hydrogens is 837 g/mol. The Hall–Kier alpha value is -6.52. The standard InChI is InChI=1S/C47H48N8O6S2/c1-26(2)38(52-46(58)60-3)44(56)55-21-9-13-37(55)43-49-33-19-18-30(22-34(33)50-43)32-25-63-40-31(24-62-41(32)40)27-14-16-28(17-15-27)35-23-48-42(51-35)36-12-8-20-54(36)45(57)39(53-47(59)61-4)29-10-6-5-7-11-29/h5-7,10-11,14-19,22-26,36-39H,8-9,12-13,20-21H2,1-4H3,(H,48,51)(H,49,50)(H,52,58)(H,53,59)/t36-,37-,38-,39+/m0/s1. The van der Waals surface area contributed by atoms with Crippen LogP contribution in [-0.2, 0) is 19.1 Å². The first-order valence-corrected chi connectivity index (χ1v) is 22.9. The number of methoxy groups -OCH3 is 2. The highest BCUT2D eigenvalue weighted by Crippen LogP contribution is 2.45. The van der Waals surface area contributed by atoms with Crippen molar-refractivity contribution in [2.45, 2.75) is 63.7 Å². The number of thiophene rings is 2. The number of benzene rings is 3.